The predicted molar refractivity (Wildman–Crippen MR) is 205 cm³/mol. The molecule has 2 bridgehead atoms. The monoisotopic (exact) mass is 737 g/mol. The molecule has 4 saturated heterocycles. The zero-order valence-corrected chi connectivity index (χ0v) is 30.7. The van der Waals surface area contributed by atoms with Gasteiger partial charge in [-0.15, -0.1) is 0 Å². The Balaban J connectivity index is 0.785. The van der Waals surface area contributed by atoms with Gasteiger partial charge >= 0.3 is 6.09 Å². The van der Waals surface area contributed by atoms with Gasteiger partial charge in [0.15, 0.2) is 0 Å². The third-order valence-electron chi connectivity index (χ3n) is 11.2. The van der Waals surface area contributed by atoms with Crippen molar-refractivity contribution >= 4 is 22.9 Å². The van der Waals surface area contributed by atoms with Gasteiger partial charge in [0.2, 0.25) is 11.5 Å². The predicted octanol–water partition coefficient (Wildman–Crippen LogP) is 4.60. The molecule has 0 spiro atoms. The molecule has 0 saturated carbocycles. The number of pyridine rings is 1. The summed E-state index contributed by atoms with van der Waals surface area (Å²) in [5.74, 6) is 1.25. The summed E-state index contributed by atoms with van der Waals surface area (Å²) in [5.41, 5.74) is 2.04. The van der Waals surface area contributed by atoms with E-state index >= 15 is 0 Å². The SMILES string of the molecule is O=C(NC1(c2ccccc2)CN(C(=O)CCc2ccc(OCCCCCNC[C@H](O)c3ccc(O)c4[nH]c(=O)ccc34)cc2)C1)O[C@H]1CN2CCC1CC2. The van der Waals surface area contributed by atoms with Crippen molar-refractivity contribution in [1.82, 2.24) is 25.4 Å². The van der Waals surface area contributed by atoms with Crippen LogP contribution >= 0.6 is 0 Å². The number of nitrogens with zero attached hydrogens (tertiary/aromatic N) is 2. The van der Waals surface area contributed by atoms with Crippen LogP contribution in [0, 0.1) is 5.92 Å². The molecule has 2 atom stereocenters. The Morgan fingerprint density at radius 2 is 1.72 bits per heavy atom. The number of ether oxygens (including phenoxy) is 2. The van der Waals surface area contributed by atoms with Crippen LogP contribution in [0.3, 0.4) is 0 Å². The number of amides is 2. The first-order chi connectivity index (χ1) is 26.3. The first-order valence-corrected chi connectivity index (χ1v) is 19.3. The van der Waals surface area contributed by atoms with Crippen molar-refractivity contribution < 1.29 is 29.3 Å². The number of likely N-dealkylation sites (tertiary alicyclic amines) is 1. The van der Waals surface area contributed by atoms with Gasteiger partial charge < -0.3 is 40.2 Å². The van der Waals surface area contributed by atoms with E-state index in [1.165, 1.54) is 12.1 Å². The number of carbonyl (C=O) groups is 2. The number of nitrogens with one attached hydrogen (secondary N) is 3. The summed E-state index contributed by atoms with van der Waals surface area (Å²) in [5, 5.41) is 27.8. The smallest absolute Gasteiger partial charge is 0.408 e. The van der Waals surface area contributed by atoms with E-state index in [0.29, 0.717) is 61.5 Å². The average Bonchev–Trinajstić information content (AvgIpc) is 3.17. The van der Waals surface area contributed by atoms with E-state index in [1.54, 1.807) is 12.1 Å². The van der Waals surface area contributed by atoms with Crippen molar-refractivity contribution in [3.05, 3.63) is 106 Å². The number of aromatic nitrogens is 1. The second-order valence-electron chi connectivity index (χ2n) is 15.0. The number of hydrogen-bond acceptors (Lipinski definition) is 9. The van der Waals surface area contributed by atoms with Crippen LogP contribution < -0.4 is 20.9 Å². The third kappa shape index (κ3) is 8.89. The Bertz CT molecular complexity index is 1940. The molecule has 12 heteroatoms. The molecule has 3 aromatic carbocycles. The molecular formula is C42H51N5O7. The number of fused-ring (bicyclic) bond motifs is 4. The van der Waals surface area contributed by atoms with Crippen LogP contribution in [0.15, 0.2) is 83.7 Å². The van der Waals surface area contributed by atoms with Crippen LogP contribution in [0.25, 0.3) is 10.9 Å². The summed E-state index contributed by atoms with van der Waals surface area (Å²) in [7, 11) is 0. The lowest BCUT2D eigenvalue weighted by Gasteiger charge is -2.51. The van der Waals surface area contributed by atoms with Gasteiger partial charge in [0.05, 0.1) is 18.2 Å². The molecular weight excluding hydrogens is 686 g/mol. The maximum atomic E-state index is 13.2. The molecule has 4 aliphatic heterocycles. The Kier molecular flexibility index (Phi) is 11.8. The van der Waals surface area contributed by atoms with Gasteiger partial charge in [-0.25, -0.2) is 4.79 Å². The normalized spacial score (nSPS) is 20.6. The number of phenols is 1. The number of aromatic hydroxyl groups is 1. The number of aliphatic hydroxyl groups is 1. The maximum Gasteiger partial charge on any atom is 0.408 e. The van der Waals surface area contributed by atoms with Gasteiger partial charge in [-0.3, -0.25) is 14.5 Å². The van der Waals surface area contributed by atoms with Gasteiger partial charge in [0.25, 0.3) is 0 Å². The molecule has 4 fully saturated rings. The first kappa shape index (κ1) is 37.4. The lowest BCUT2D eigenvalue weighted by atomic mass is 9.82. The van der Waals surface area contributed by atoms with Crippen molar-refractivity contribution in [2.24, 2.45) is 5.92 Å². The van der Waals surface area contributed by atoms with Gasteiger partial charge in [-0.2, -0.15) is 0 Å². The van der Waals surface area contributed by atoms with E-state index in [-0.39, 0.29) is 23.3 Å². The first-order valence-electron chi connectivity index (χ1n) is 19.3. The summed E-state index contributed by atoms with van der Waals surface area (Å²) in [4.78, 5) is 44.8. The van der Waals surface area contributed by atoms with Crippen molar-refractivity contribution in [2.75, 3.05) is 52.4 Å². The molecule has 286 valence electrons. The van der Waals surface area contributed by atoms with E-state index in [1.807, 2.05) is 59.5 Å². The van der Waals surface area contributed by atoms with Crippen molar-refractivity contribution in [2.45, 2.75) is 62.7 Å². The van der Waals surface area contributed by atoms with E-state index in [0.717, 1.165) is 75.2 Å². The topological polar surface area (TPSA) is 156 Å². The molecule has 54 heavy (non-hydrogen) atoms. The zero-order valence-electron chi connectivity index (χ0n) is 30.7. The number of aliphatic hydroxyl groups excluding tert-OH is 1. The number of H-pyrrole nitrogens is 1. The van der Waals surface area contributed by atoms with Crippen LogP contribution in [0.5, 0.6) is 11.5 Å². The van der Waals surface area contributed by atoms with Crippen LogP contribution in [0.4, 0.5) is 4.79 Å². The lowest BCUT2D eigenvalue weighted by Crippen LogP contribution is -2.69. The van der Waals surface area contributed by atoms with Gasteiger partial charge in [0.1, 0.15) is 23.1 Å². The number of unbranched alkanes of at least 4 members (excludes halogenated alkanes) is 2. The van der Waals surface area contributed by atoms with E-state index in [9.17, 15) is 24.6 Å². The fraction of sp³-hybridized carbons (Fsp3) is 0.452. The summed E-state index contributed by atoms with van der Waals surface area (Å²) in [6.07, 6.45) is 4.67. The number of piperidine rings is 3. The van der Waals surface area contributed by atoms with E-state index in [4.69, 9.17) is 9.47 Å². The summed E-state index contributed by atoms with van der Waals surface area (Å²) < 4.78 is 11.9. The van der Waals surface area contributed by atoms with Gasteiger partial charge in [0, 0.05) is 44.1 Å². The molecule has 4 aromatic rings. The molecule has 1 aromatic heterocycles. The molecule has 5 heterocycles. The highest BCUT2D eigenvalue weighted by Crippen LogP contribution is 2.34. The van der Waals surface area contributed by atoms with Crippen molar-refractivity contribution in [1.29, 1.82) is 0 Å². The standard InChI is InChI=1S/C42H51N5O7/c48-35-16-14-33(34-15-17-38(50)44-40(34)35)36(49)25-43-21-5-2-6-24-53-32-12-9-29(10-13-32)11-18-39(51)47-27-42(28-47,31-7-3-1-4-8-31)45-41(52)54-37-26-46-22-19-30(37)20-23-46/h1,3-4,7-10,12-17,30,36-37,43,48-49H,2,5-6,11,18-28H2,(H,44,50)(H,45,52)/t36-,37-/m0/s1. The number of aryl methyl sites for hydroxylation is 1. The Morgan fingerprint density at radius 1 is 0.944 bits per heavy atom. The Labute approximate surface area is 315 Å². The van der Waals surface area contributed by atoms with E-state index < -0.39 is 17.7 Å². The number of benzene rings is 3. The van der Waals surface area contributed by atoms with Crippen LogP contribution in [0.2, 0.25) is 0 Å². The minimum atomic E-state index is -0.780. The summed E-state index contributed by atoms with van der Waals surface area (Å²) >= 11 is 0. The van der Waals surface area contributed by atoms with Crippen molar-refractivity contribution in [3.63, 3.8) is 0 Å². The highest BCUT2D eigenvalue weighted by Gasteiger charge is 2.48. The van der Waals surface area contributed by atoms with E-state index in [2.05, 4.69) is 20.5 Å². The molecule has 2 amide bonds. The van der Waals surface area contributed by atoms with Crippen molar-refractivity contribution in [3.8, 4) is 11.5 Å². The number of hydrogen-bond donors (Lipinski definition) is 5. The van der Waals surface area contributed by atoms with Gasteiger partial charge in [-0.05, 0) is 105 Å². The summed E-state index contributed by atoms with van der Waals surface area (Å²) in [6, 6.07) is 23.9. The number of carbonyl (C=O) groups excluding carboxylic acids is 2. The number of aromatic amines is 1. The van der Waals surface area contributed by atoms with Crippen LogP contribution in [0.1, 0.15) is 61.3 Å². The molecule has 0 unspecified atom stereocenters. The number of alkyl carbamates (subject to hydrolysis) is 1. The Hall–Kier alpha value is -4.91. The highest BCUT2D eigenvalue weighted by molar-refractivity contribution is 5.87. The fourth-order valence-electron chi connectivity index (χ4n) is 8.06. The number of phenolic OH excluding ortho intramolecular Hbond substituents is 1. The lowest BCUT2D eigenvalue weighted by molar-refractivity contribution is -0.140. The molecule has 12 nitrogen and oxygen atoms in total. The fourth-order valence-corrected chi connectivity index (χ4v) is 8.06. The third-order valence-corrected chi connectivity index (χ3v) is 11.2. The Morgan fingerprint density at radius 3 is 2.46 bits per heavy atom. The largest absolute Gasteiger partial charge is 0.506 e. The average molecular weight is 738 g/mol. The maximum absolute atomic E-state index is 13.2. The van der Waals surface area contributed by atoms with Crippen LogP contribution in [-0.2, 0) is 21.5 Å². The minimum Gasteiger partial charge on any atom is -0.506 e. The highest BCUT2D eigenvalue weighted by atomic mass is 16.6. The second kappa shape index (κ2) is 17.0. The minimum absolute atomic E-state index is 0.0276. The molecule has 0 aliphatic carbocycles. The molecule has 0 radical (unpaired) electrons. The zero-order chi connectivity index (χ0) is 37.5. The second-order valence-corrected chi connectivity index (χ2v) is 15.0. The van der Waals surface area contributed by atoms with Crippen LogP contribution in [-0.4, -0.2) is 95.5 Å². The summed E-state index contributed by atoms with van der Waals surface area (Å²) in [6.45, 7) is 5.49. The molecule has 5 N–H and O–H groups in total. The quantitative estimate of drug-likeness (QED) is 0.104. The molecule has 4 aliphatic rings. The number of rotatable bonds is 16. The molecule has 8 rings (SSSR count). The van der Waals surface area contributed by atoms with Gasteiger partial charge in [-0.1, -0.05) is 48.5 Å².